The summed E-state index contributed by atoms with van der Waals surface area (Å²) in [5.74, 6) is -0.743. The molecule has 3 aromatic rings. The van der Waals surface area contributed by atoms with E-state index in [0.29, 0.717) is 34.5 Å². The molecule has 2 heterocycles. The number of pyridine rings is 1. The number of hydrogen-bond donors (Lipinski definition) is 1. The van der Waals surface area contributed by atoms with Gasteiger partial charge in [0, 0.05) is 17.1 Å². The predicted octanol–water partition coefficient (Wildman–Crippen LogP) is 5.47. The number of halogens is 3. The Morgan fingerprint density at radius 1 is 1.28 bits per heavy atom. The monoisotopic (exact) mass is 445 g/mol. The number of carbonyl (C=O) groups excluding carboxylic acids is 1. The highest BCUT2D eigenvalue weighted by Crippen LogP contribution is 2.41. The number of methoxy groups -OCH3 is 1. The second kappa shape index (κ2) is 8.64. The van der Waals surface area contributed by atoms with E-state index in [4.69, 9.17) is 9.15 Å². The number of carbonyl (C=O) groups is 1. The number of hydrogen-bond acceptors (Lipinski definition) is 5. The summed E-state index contributed by atoms with van der Waals surface area (Å²) in [6.07, 6.45) is 2.10. The Kier molecular flexibility index (Phi) is 5.90. The zero-order valence-electron chi connectivity index (χ0n) is 17.6. The minimum Gasteiger partial charge on any atom is -0.497 e. The van der Waals surface area contributed by atoms with Crippen LogP contribution in [0.15, 0.2) is 47.3 Å². The molecule has 4 rings (SSSR count). The highest BCUT2D eigenvalue weighted by atomic mass is 19.4. The highest BCUT2D eigenvalue weighted by Gasteiger charge is 2.39. The lowest BCUT2D eigenvalue weighted by molar-refractivity contribution is -0.175. The first-order valence-electron chi connectivity index (χ1n) is 10.2. The number of nitrogens with zero attached hydrogens (tertiary/aromatic N) is 2. The third-order valence-corrected chi connectivity index (χ3v) is 5.64. The van der Waals surface area contributed by atoms with Crippen molar-refractivity contribution in [2.24, 2.45) is 5.92 Å². The van der Waals surface area contributed by atoms with Crippen molar-refractivity contribution in [2.45, 2.75) is 38.4 Å². The topological polar surface area (TPSA) is 77.2 Å². The van der Waals surface area contributed by atoms with Crippen LogP contribution < -0.4 is 10.1 Å². The van der Waals surface area contributed by atoms with Crippen molar-refractivity contribution in [2.75, 3.05) is 7.11 Å². The first-order valence-corrected chi connectivity index (χ1v) is 10.2. The zero-order valence-corrected chi connectivity index (χ0v) is 17.6. The number of oxazole rings is 1. The lowest BCUT2D eigenvalue weighted by atomic mass is 9.85. The second-order valence-electron chi connectivity index (χ2n) is 7.78. The van der Waals surface area contributed by atoms with Crippen LogP contribution >= 0.6 is 0 Å². The van der Waals surface area contributed by atoms with E-state index >= 15 is 0 Å². The van der Waals surface area contributed by atoms with Crippen LogP contribution in [-0.4, -0.2) is 29.2 Å². The third kappa shape index (κ3) is 4.46. The number of allylic oxidation sites excluding steroid dienone is 2. The van der Waals surface area contributed by atoms with Crippen LogP contribution in [0.5, 0.6) is 5.75 Å². The summed E-state index contributed by atoms with van der Waals surface area (Å²) in [5.41, 5.74) is 2.47. The van der Waals surface area contributed by atoms with Gasteiger partial charge in [0.15, 0.2) is 0 Å². The van der Waals surface area contributed by atoms with Crippen molar-refractivity contribution in [1.29, 1.82) is 0 Å². The summed E-state index contributed by atoms with van der Waals surface area (Å²) in [6, 6.07) is 4.79. The number of benzene rings is 1. The van der Waals surface area contributed by atoms with Gasteiger partial charge in [0.1, 0.15) is 18.1 Å². The van der Waals surface area contributed by atoms with E-state index in [9.17, 15) is 18.0 Å². The molecule has 1 amide bonds. The molecule has 0 saturated heterocycles. The molecule has 1 aliphatic carbocycles. The Labute approximate surface area is 182 Å². The molecule has 168 valence electrons. The molecule has 0 fully saturated rings. The molecule has 0 bridgehead atoms. The van der Waals surface area contributed by atoms with Crippen LogP contribution in [-0.2, 0) is 0 Å². The van der Waals surface area contributed by atoms with Crippen LogP contribution in [0.25, 0.3) is 16.5 Å². The van der Waals surface area contributed by atoms with E-state index in [0.717, 1.165) is 11.1 Å². The van der Waals surface area contributed by atoms with E-state index in [2.05, 4.69) is 15.3 Å². The molecule has 0 aliphatic heterocycles. The molecule has 9 heteroatoms. The van der Waals surface area contributed by atoms with Crippen LogP contribution in [0.4, 0.5) is 13.2 Å². The highest BCUT2D eigenvalue weighted by molar-refractivity contribution is 6.00. The maximum Gasteiger partial charge on any atom is 0.392 e. The quantitative estimate of drug-likeness (QED) is 0.564. The number of rotatable bonds is 5. The summed E-state index contributed by atoms with van der Waals surface area (Å²) in [6.45, 7) is 1.75. The van der Waals surface area contributed by atoms with Crippen LogP contribution in [0.2, 0.25) is 0 Å². The van der Waals surface area contributed by atoms with Crippen LogP contribution in [0.3, 0.4) is 0 Å². The predicted molar refractivity (Wildman–Crippen MR) is 112 cm³/mol. The zero-order chi connectivity index (χ0) is 22.9. The summed E-state index contributed by atoms with van der Waals surface area (Å²) in [5, 5.41) is 3.47. The minimum atomic E-state index is -4.19. The Morgan fingerprint density at radius 2 is 2.09 bits per heavy atom. The molecular weight excluding hydrogens is 423 g/mol. The fourth-order valence-electron chi connectivity index (χ4n) is 3.88. The number of aromatic nitrogens is 2. The van der Waals surface area contributed by atoms with Gasteiger partial charge in [-0.25, -0.2) is 4.98 Å². The molecule has 2 atom stereocenters. The Bertz CT molecular complexity index is 1160. The Balaban J connectivity index is 1.64. The number of amides is 1. The summed E-state index contributed by atoms with van der Waals surface area (Å²) in [7, 11) is 1.52. The molecule has 1 N–H and O–H groups in total. The SMILES string of the molecule is COc1cc(C2=CCC(C(F)(F)F)CC2)c2ncc(C(=O)N[C@H](C)c3ncco3)cc2c1. The Hall–Kier alpha value is -3.36. The largest absolute Gasteiger partial charge is 0.497 e. The lowest BCUT2D eigenvalue weighted by Gasteiger charge is -2.24. The van der Waals surface area contributed by atoms with Gasteiger partial charge in [-0.2, -0.15) is 13.2 Å². The smallest absolute Gasteiger partial charge is 0.392 e. The van der Waals surface area contributed by atoms with Gasteiger partial charge in [-0.15, -0.1) is 0 Å². The number of nitrogens with one attached hydrogen (secondary N) is 1. The molecule has 32 heavy (non-hydrogen) atoms. The van der Waals surface area contributed by atoms with Gasteiger partial charge < -0.3 is 14.5 Å². The lowest BCUT2D eigenvalue weighted by Crippen LogP contribution is -2.27. The van der Waals surface area contributed by atoms with Crippen molar-refractivity contribution in [3.8, 4) is 5.75 Å². The van der Waals surface area contributed by atoms with E-state index in [-0.39, 0.29) is 18.7 Å². The molecular formula is C23H22F3N3O3. The third-order valence-electron chi connectivity index (χ3n) is 5.64. The summed E-state index contributed by atoms with van der Waals surface area (Å²) in [4.78, 5) is 21.2. The van der Waals surface area contributed by atoms with Gasteiger partial charge in [0.05, 0.1) is 30.3 Å². The fraction of sp³-hybridized carbons (Fsp3) is 0.348. The van der Waals surface area contributed by atoms with Gasteiger partial charge >= 0.3 is 6.18 Å². The van der Waals surface area contributed by atoms with Crippen LogP contribution in [0.1, 0.15) is 54.0 Å². The van der Waals surface area contributed by atoms with Crippen molar-refractivity contribution >= 4 is 22.4 Å². The van der Waals surface area contributed by atoms with Gasteiger partial charge in [-0.3, -0.25) is 9.78 Å². The van der Waals surface area contributed by atoms with Crippen molar-refractivity contribution < 1.29 is 27.1 Å². The summed E-state index contributed by atoms with van der Waals surface area (Å²) < 4.78 is 49.7. The van der Waals surface area contributed by atoms with E-state index < -0.39 is 18.1 Å². The first kappa shape index (κ1) is 21.9. The molecule has 1 aliphatic rings. The van der Waals surface area contributed by atoms with Gasteiger partial charge in [0.2, 0.25) is 5.89 Å². The van der Waals surface area contributed by atoms with Gasteiger partial charge in [-0.1, -0.05) is 6.08 Å². The van der Waals surface area contributed by atoms with E-state index in [1.165, 1.54) is 25.8 Å². The van der Waals surface area contributed by atoms with Crippen molar-refractivity contribution in [3.63, 3.8) is 0 Å². The minimum absolute atomic E-state index is 0.0349. The first-order chi connectivity index (χ1) is 15.3. The number of ether oxygens (including phenoxy) is 1. The molecule has 0 saturated carbocycles. The van der Waals surface area contributed by atoms with Gasteiger partial charge in [-0.05, 0) is 50.0 Å². The summed E-state index contributed by atoms with van der Waals surface area (Å²) >= 11 is 0. The second-order valence-corrected chi connectivity index (χ2v) is 7.78. The molecule has 0 radical (unpaired) electrons. The maximum absolute atomic E-state index is 13.0. The number of alkyl halides is 3. The average Bonchev–Trinajstić information content (AvgIpc) is 3.32. The maximum atomic E-state index is 13.0. The van der Waals surface area contributed by atoms with Crippen molar-refractivity contribution in [3.05, 3.63) is 59.9 Å². The molecule has 2 aromatic heterocycles. The normalized spacial score (nSPS) is 17.7. The van der Waals surface area contributed by atoms with Crippen LogP contribution in [0, 0.1) is 5.92 Å². The molecule has 1 aromatic carbocycles. The van der Waals surface area contributed by atoms with Crippen molar-refractivity contribution in [1.82, 2.24) is 15.3 Å². The van der Waals surface area contributed by atoms with Gasteiger partial charge in [0.25, 0.3) is 5.91 Å². The standard InChI is InChI=1S/C23H22F3N3O3/c1-13(22-27-7-8-32-22)29-21(30)16-9-15-10-18(31-2)11-19(20(15)28-12-16)14-3-5-17(6-4-14)23(24,25)26/h3,7-13,17H,4-6H2,1-2H3,(H,29,30)/t13-,17?/m1/s1. The van der Waals surface area contributed by atoms with E-state index in [1.54, 1.807) is 31.2 Å². The van der Waals surface area contributed by atoms with E-state index in [1.807, 2.05) is 0 Å². The number of fused-ring (bicyclic) bond motifs is 1. The Morgan fingerprint density at radius 3 is 2.72 bits per heavy atom. The fourth-order valence-corrected chi connectivity index (χ4v) is 3.88. The molecule has 1 unspecified atom stereocenters. The molecule has 6 nitrogen and oxygen atoms in total. The molecule has 0 spiro atoms. The average molecular weight is 445 g/mol.